The van der Waals surface area contributed by atoms with E-state index in [-0.39, 0.29) is 11.8 Å². The first kappa shape index (κ1) is 11.1. The van der Waals surface area contributed by atoms with Gasteiger partial charge >= 0.3 is 0 Å². The van der Waals surface area contributed by atoms with Crippen LogP contribution in [0, 0.1) is 18.3 Å². The smallest absolute Gasteiger partial charge is 0.228 e. The number of rotatable bonds is 2. The number of carbonyl (C=O) groups excluding carboxylic acids is 1. The molecule has 1 aliphatic heterocycles. The van der Waals surface area contributed by atoms with Crippen LogP contribution in [0.4, 0.5) is 5.69 Å². The highest BCUT2D eigenvalue weighted by molar-refractivity contribution is 7.99. The molecule has 1 amide bonds. The maximum absolute atomic E-state index is 11.8. The molecule has 1 aromatic carbocycles. The van der Waals surface area contributed by atoms with Gasteiger partial charge in [-0.3, -0.25) is 4.79 Å². The van der Waals surface area contributed by atoms with Crippen LogP contribution in [0.2, 0.25) is 0 Å². The minimum Gasteiger partial charge on any atom is -0.326 e. The summed E-state index contributed by atoms with van der Waals surface area (Å²) >= 11 is 1.84. The van der Waals surface area contributed by atoms with E-state index in [0.717, 1.165) is 29.2 Å². The van der Waals surface area contributed by atoms with Crippen LogP contribution in [-0.2, 0) is 4.79 Å². The number of nitrogens with one attached hydrogen (secondary N) is 1. The zero-order valence-corrected chi connectivity index (χ0v) is 9.72. The van der Waals surface area contributed by atoms with Crippen molar-refractivity contribution in [2.24, 2.45) is 5.92 Å². The van der Waals surface area contributed by atoms with Crippen LogP contribution in [0.15, 0.2) is 24.3 Å². The molecule has 3 heteroatoms. The Labute approximate surface area is 99.8 Å². The quantitative estimate of drug-likeness (QED) is 0.792. The molecule has 1 aromatic rings. The van der Waals surface area contributed by atoms with Gasteiger partial charge in [0.25, 0.3) is 0 Å². The summed E-state index contributed by atoms with van der Waals surface area (Å²) in [5.41, 5.74) is 1.58. The lowest BCUT2D eigenvalue weighted by Crippen LogP contribution is -2.22. The first-order valence-corrected chi connectivity index (χ1v) is 6.40. The summed E-state index contributed by atoms with van der Waals surface area (Å²) < 4.78 is 0. The Morgan fingerprint density at radius 1 is 1.56 bits per heavy atom. The van der Waals surface area contributed by atoms with Crippen LogP contribution in [0.5, 0.6) is 0 Å². The Hall–Kier alpha value is -1.40. The van der Waals surface area contributed by atoms with Crippen LogP contribution in [0.3, 0.4) is 0 Å². The van der Waals surface area contributed by atoms with Gasteiger partial charge in [-0.2, -0.15) is 11.8 Å². The minimum atomic E-state index is 0.110. The maximum atomic E-state index is 11.8. The van der Waals surface area contributed by atoms with Crippen LogP contribution in [-0.4, -0.2) is 17.4 Å². The predicted octanol–water partition coefficient (Wildman–Crippen LogP) is 2.36. The second kappa shape index (κ2) is 5.09. The van der Waals surface area contributed by atoms with Crippen LogP contribution in [0.25, 0.3) is 0 Å². The van der Waals surface area contributed by atoms with Crippen LogP contribution >= 0.6 is 11.8 Å². The fourth-order valence-corrected chi connectivity index (χ4v) is 2.89. The van der Waals surface area contributed by atoms with Gasteiger partial charge in [0, 0.05) is 22.9 Å². The Morgan fingerprint density at radius 2 is 2.44 bits per heavy atom. The first-order chi connectivity index (χ1) is 7.79. The molecular formula is C13H13NOS. The fourth-order valence-electron chi connectivity index (χ4n) is 1.67. The van der Waals surface area contributed by atoms with Gasteiger partial charge in [-0.15, -0.1) is 6.42 Å². The SMILES string of the molecule is C#Cc1cccc(NC(=O)C2CCSC2)c1. The fraction of sp³-hybridized carbons (Fsp3) is 0.308. The molecule has 0 aliphatic carbocycles. The summed E-state index contributed by atoms with van der Waals surface area (Å²) in [6.07, 6.45) is 6.28. The third kappa shape index (κ3) is 2.59. The highest BCUT2D eigenvalue weighted by atomic mass is 32.2. The molecule has 82 valence electrons. The van der Waals surface area contributed by atoms with E-state index in [4.69, 9.17) is 6.42 Å². The summed E-state index contributed by atoms with van der Waals surface area (Å²) in [5.74, 6) is 4.83. The molecule has 0 aromatic heterocycles. The number of hydrogen-bond donors (Lipinski definition) is 1. The van der Waals surface area contributed by atoms with E-state index in [1.807, 2.05) is 36.0 Å². The molecule has 0 spiro atoms. The van der Waals surface area contributed by atoms with Gasteiger partial charge in [0.05, 0.1) is 0 Å². The van der Waals surface area contributed by atoms with Crippen LogP contribution < -0.4 is 5.32 Å². The van der Waals surface area contributed by atoms with Crippen molar-refractivity contribution in [2.75, 3.05) is 16.8 Å². The minimum absolute atomic E-state index is 0.110. The number of thioether (sulfide) groups is 1. The standard InChI is InChI=1S/C13H13NOS/c1-2-10-4-3-5-12(8-10)14-13(15)11-6-7-16-9-11/h1,3-5,8,11H,6-7,9H2,(H,14,15). The van der Waals surface area contributed by atoms with E-state index in [9.17, 15) is 4.79 Å². The van der Waals surface area contributed by atoms with E-state index >= 15 is 0 Å². The number of benzene rings is 1. The van der Waals surface area contributed by atoms with E-state index < -0.39 is 0 Å². The average molecular weight is 231 g/mol. The molecule has 1 heterocycles. The number of hydrogen-bond acceptors (Lipinski definition) is 2. The Bertz CT molecular complexity index is 430. The molecule has 1 unspecified atom stereocenters. The number of anilines is 1. The molecule has 1 saturated heterocycles. The summed E-state index contributed by atoms with van der Waals surface area (Å²) in [5, 5.41) is 2.91. The van der Waals surface area contributed by atoms with E-state index in [0.29, 0.717) is 0 Å². The zero-order valence-electron chi connectivity index (χ0n) is 8.90. The molecule has 1 N–H and O–H groups in total. The summed E-state index contributed by atoms with van der Waals surface area (Å²) in [6, 6.07) is 7.39. The molecular weight excluding hydrogens is 218 g/mol. The molecule has 1 aliphatic rings. The van der Waals surface area contributed by atoms with Crippen LogP contribution in [0.1, 0.15) is 12.0 Å². The number of amides is 1. The normalized spacial score (nSPS) is 19.1. The van der Waals surface area contributed by atoms with Gasteiger partial charge in [0.2, 0.25) is 5.91 Å². The second-order valence-corrected chi connectivity index (χ2v) is 4.92. The monoisotopic (exact) mass is 231 g/mol. The molecule has 2 nitrogen and oxygen atoms in total. The molecule has 1 atom stereocenters. The Balaban J connectivity index is 2.03. The predicted molar refractivity (Wildman–Crippen MR) is 68.4 cm³/mol. The largest absolute Gasteiger partial charge is 0.326 e. The Kier molecular flexibility index (Phi) is 3.53. The first-order valence-electron chi connectivity index (χ1n) is 5.25. The lowest BCUT2D eigenvalue weighted by molar-refractivity contribution is -0.119. The van der Waals surface area contributed by atoms with Gasteiger partial charge in [0.1, 0.15) is 0 Å². The van der Waals surface area contributed by atoms with Gasteiger partial charge < -0.3 is 5.32 Å². The van der Waals surface area contributed by atoms with Crippen molar-refractivity contribution >= 4 is 23.4 Å². The van der Waals surface area contributed by atoms with E-state index in [2.05, 4.69) is 11.2 Å². The number of terminal acetylenes is 1. The van der Waals surface area contributed by atoms with Crippen molar-refractivity contribution in [1.29, 1.82) is 0 Å². The maximum Gasteiger partial charge on any atom is 0.228 e. The highest BCUT2D eigenvalue weighted by Gasteiger charge is 2.22. The summed E-state index contributed by atoms with van der Waals surface area (Å²) in [7, 11) is 0. The van der Waals surface area contributed by atoms with Crippen molar-refractivity contribution in [3.05, 3.63) is 29.8 Å². The van der Waals surface area contributed by atoms with Crippen molar-refractivity contribution in [1.82, 2.24) is 0 Å². The molecule has 0 bridgehead atoms. The lowest BCUT2D eigenvalue weighted by atomic mass is 10.1. The van der Waals surface area contributed by atoms with Gasteiger partial charge in [-0.1, -0.05) is 12.0 Å². The van der Waals surface area contributed by atoms with Gasteiger partial charge in [0.15, 0.2) is 0 Å². The molecule has 16 heavy (non-hydrogen) atoms. The van der Waals surface area contributed by atoms with Crippen molar-refractivity contribution < 1.29 is 4.79 Å². The van der Waals surface area contributed by atoms with E-state index in [1.54, 1.807) is 0 Å². The molecule has 0 radical (unpaired) electrons. The third-order valence-electron chi connectivity index (χ3n) is 2.60. The van der Waals surface area contributed by atoms with Gasteiger partial charge in [-0.25, -0.2) is 0 Å². The summed E-state index contributed by atoms with van der Waals surface area (Å²) in [6.45, 7) is 0. The topological polar surface area (TPSA) is 29.1 Å². The van der Waals surface area contributed by atoms with Gasteiger partial charge in [-0.05, 0) is 30.4 Å². The van der Waals surface area contributed by atoms with Crippen molar-refractivity contribution in [2.45, 2.75) is 6.42 Å². The molecule has 2 rings (SSSR count). The highest BCUT2D eigenvalue weighted by Crippen LogP contribution is 2.24. The molecule has 1 fully saturated rings. The second-order valence-electron chi connectivity index (χ2n) is 3.77. The van der Waals surface area contributed by atoms with Crippen molar-refractivity contribution in [3.63, 3.8) is 0 Å². The van der Waals surface area contributed by atoms with E-state index in [1.165, 1.54) is 0 Å². The average Bonchev–Trinajstić information content (AvgIpc) is 2.83. The third-order valence-corrected chi connectivity index (χ3v) is 3.76. The summed E-state index contributed by atoms with van der Waals surface area (Å²) in [4.78, 5) is 11.8. The molecule has 0 saturated carbocycles. The number of carbonyl (C=O) groups is 1. The van der Waals surface area contributed by atoms with Crippen molar-refractivity contribution in [3.8, 4) is 12.3 Å². The lowest BCUT2D eigenvalue weighted by Gasteiger charge is -2.09. The Morgan fingerprint density at radius 3 is 3.12 bits per heavy atom. The zero-order chi connectivity index (χ0) is 11.4.